The van der Waals surface area contributed by atoms with Gasteiger partial charge < -0.3 is 10.6 Å². The van der Waals surface area contributed by atoms with Crippen molar-refractivity contribution in [3.63, 3.8) is 0 Å². The van der Waals surface area contributed by atoms with Crippen molar-refractivity contribution in [1.82, 2.24) is 15.0 Å². The number of nitrogens with one attached hydrogen (secondary N) is 2. The van der Waals surface area contributed by atoms with Gasteiger partial charge in [-0.25, -0.2) is 0 Å². The van der Waals surface area contributed by atoms with E-state index in [0.29, 0.717) is 23.9 Å². The number of rotatable bonds is 5. The summed E-state index contributed by atoms with van der Waals surface area (Å²) in [5.41, 5.74) is -0.640. The van der Waals surface area contributed by atoms with Crippen molar-refractivity contribution in [2.45, 2.75) is 50.6 Å². The first-order valence-electron chi connectivity index (χ1n) is 6.96. The normalized spacial score (nSPS) is 21.4. The van der Waals surface area contributed by atoms with Crippen molar-refractivity contribution in [2.24, 2.45) is 5.92 Å². The van der Waals surface area contributed by atoms with E-state index in [1.807, 2.05) is 6.92 Å². The van der Waals surface area contributed by atoms with Gasteiger partial charge in [0, 0.05) is 6.04 Å². The molecule has 1 aromatic heterocycles. The van der Waals surface area contributed by atoms with E-state index in [1.165, 1.54) is 6.42 Å². The van der Waals surface area contributed by atoms with E-state index in [2.05, 4.69) is 31.7 Å². The Balaban J connectivity index is 1.76. The molecule has 0 saturated heterocycles. The first kappa shape index (κ1) is 13.4. The number of nitrogens with zero attached hydrogens (tertiary/aromatic N) is 4. The number of anilines is 2. The Bertz CT molecular complexity index is 548. The third-order valence-corrected chi connectivity index (χ3v) is 4.21. The van der Waals surface area contributed by atoms with E-state index >= 15 is 0 Å². The summed E-state index contributed by atoms with van der Waals surface area (Å²) in [5, 5.41) is 15.8. The van der Waals surface area contributed by atoms with Gasteiger partial charge in [-0.3, -0.25) is 0 Å². The molecule has 2 N–H and O–H groups in total. The standard InChI is InChI=1S/C13H17ClN6/c1-13(7-15,8-5-6-8)20-12-18-10(14)17-11(19-12)16-9-3-2-4-9/h8-9H,2-6H2,1H3,(H2,16,17,18,19,20). The molecular formula is C13H17ClN6. The molecule has 0 amide bonds. The van der Waals surface area contributed by atoms with Gasteiger partial charge in [0.2, 0.25) is 17.2 Å². The van der Waals surface area contributed by atoms with Crippen LogP contribution in [0.3, 0.4) is 0 Å². The fraction of sp³-hybridized carbons (Fsp3) is 0.692. The van der Waals surface area contributed by atoms with E-state index in [9.17, 15) is 5.26 Å². The molecule has 3 rings (SSSR count). The van der Waals surface area contributed by atoms with Crippen LogP contribution in [0.2, 0.25) is 5.28 Å². The van der Waals surface area contributed by atoms with Crippen LogP contribution < -0.4 is 10.6 Å². The Morgan fingerprint density at radius 3 is 2.45 bits per heavy atom. The second kappa shape index (κ2) is 5.06. The van der Waals surface area contributed by atoms with Crippen molar-refractivity contribution in [2.75, 3.05) is 10.6 Å². The van der Waals surface area contributed by atoms with Crippen LogP contribution in [-0.4, -0.2) is 26.5 Å². The van der Waals surface area contributed by atoms with Gasteiger partial charge in [-0.1, -0.05) is 0 Å². The quantitative estimate of drug-likeness (QED) is 0.867. The third-order valence-electron chi connectivity index (χ3n) is 4.04. The molecule has 1 heterocycles. The number of hydrogen-bond acceptors (Lipinski definition) is 6. The smallest absolute Gasteiger partial charge is 0.230 e. The molecule has 106 valence electrons. The molecule has 2 fully saturated rings. The fourth-order valence-electron chi connectivity index (χ4n) is 2.32. The second-order valence-corrected chi connectivity index (χ2v) is 6.08. The molecule has 1 unspecified atom stereocenters. The van der Waals surface area contributed by atoms with Crippen LogP contribution >= 0.6 is 11.6 Å². The Morgan fingerprint density at radius 2 is 1.90 bits per heavy atom. The third kappa shape index (κ3) is 2.78. The van der Waals surface area contributed by atoms with Gasteiger partial charge >= 0.3 is 0 Å². The molecule has 0 spiro atoms. The molecule has 0 aliphatic heterocycles. The average Bonchev–Trinajstić information content (AvgIpc) is 3.17. The van der Waals surface area contributed by atoms with Gasteiger partial charge in [-0.15, -0.1) is 0 Å². The predicted octanol–water partition coefficient (Wildman–Crippen LogP) is 2.59. The van der Waals surface area contributed by atoms with Crippen LogP contribution in [-0.2, 0) is 0 Å². The minimum Gasteiger partial charge on any atom is -0.351 e. The Hall–Kier alpha value is -1.61. The lowest BCUT2D eigenvalue weighted by Crippen LogP contribution is -2.36. The lowest BCUT2D eigenvalue weighted by atomic mass is 9.93. The van der Waals surface area contributed by atoms with Gasteiger partial charge in [0.05, 0.1) is 6.07 Å². The Kier molecular flexibility index (Phi) is 3.38. The lowest BCUT2D eigenvalue weighted by Gasteiger charge is -2.27. The molecule has 0 radical (unpaired) electrons. The molecule has 0 aromatic carbocycles. The molecule has 2 aliphatic rings. The van der Waals surface area contributed by atoms with Crippen LogP contribution in [0.15, 0.2) is 0 Å². The van der Waals surface area contributed by atoms with Gasteiger partial charge in [0.25, 0.3) is 0 Å². The zero-order valence-corrected chi connectivity index (χ0v) is 12.1. The zero-order chi connectivity index (χ0) is 14.2. The number of hydrogen-bond donors (Lipinski definition) is 2. The summed E-state index contributed by atoms with van der Waals surface area (Å²) in [5.74, 6) is 1.20. The van der Waals surface area contributed by atoms with Crippen LogP contribution in [0.1, 0.15) is 39.0 Å². The lowest BCUT2D eigenvalue weighted by molar-refractivity contribution is 0.443. The van der Waals surface area contributed by atoms with Crippen molar-refractivity contribution in [1.29, 1.82) is 5.26 Å². The zero-order valence-electron chi connectivity index (χ0n) is 11.4. The summed E-state index contributed by atoms with van der Waals surface area (Å²) >= 11 is 5.94. The molecule has 1 atom stereocenters. The average molecular weight is 293 g/mol. The van der Waals surface area contributed by atoms with Gasteiger partial charge in [-0.2, -0.15) is 20.2 Å². The largest absolute Gasteiger partial charge is 0.351 e. The van der Waals surface area contributed by atoms with E-state index in [1.54, 1.807) is 0 Å². The highest BCUT2D eigenvalue weighted by atomic mass is 35.5. The minimum absolute atomic E-state index is 0.139. The van der Waals surface area contributed by atoms with Crippen LogP contribution in [0.5, 0.6) is 0 Å². The van der Waals surface area contributed by atoms with E-state index in [-0.39, 0.29) is 5.28 Å². The monoisotopic (exact) mass is 292 g/mol. The highest BCUT2D eigenvalue weighted by molar-refractivity contribution is 6.28. The SMILES string of the molecule is CC(C#N)(Nc1nc(Cl)nc(NC2CCC2)n1)C1CC1. The van der Waals surface area contributed by atoms with Gasteiger partial charge in [0.15, 0.2) is 0 Å². The summed E-state index contributed by atoms with van der Waals surface area (Å²) < 4.78 is 0. The molecule has 6 nitrogen and oxygen atoms in total. The molecule has 20 heavy (non-hydrogen) atoms. The maximum atomic E-state index is 9.36. The highest BCUT2D eigenvalue weighted by Gasteiger charge is 2.42. The molecule has 0 bridgehead atoms. The summed E-state index contributed by atoms with van der Waals surface area (Å²) in [6, 6.07) is 2.74. The number of halogens is 1. The second-order valence-electron chi connectivity index (χ2n) is 5.74. The molecular weight excluding hydrogens is 276 g/mol. The maximum absolute atomic E-state index is 9.36. The van der Waals surface area contributed by atoms with Crippen LogP contribution in [0, 0.1) is 17.2 Å². The van der Waals surface area contributed by atoms with E-state index in [4.69, 9.17) is 11.6 Å². The van der Waals surface area contributed by atoms with Gasteiger partial charge in [-0.05, 0) is 56.5 Å². The Morgan fingerprint density at radius 1 is 1.20 bits per heavy atom. The predicted molar refractivity (Wildman–Crippen MR) is 76.5 cm³/mol. The molecule has 7 heteroatoms. The topological polar surface area (TPSA) is 86.5 Å². The number of aromatic nitrogens is 3. The van der Waals surface area contributed by atoms with Gasteiger partial charge in [0.1, 0.15) is 5.54 Å². The first-order chi connectivity index (χ1) is 9.59. The summed E-state index contributed by atoms with van der Waals surface area (Å²) in [7, 11) is 0. The maximum Gasteiger partial charge on any atom is 0.230 e. The van der Waals surface area contributed by atoms with Crippen molar-refractivity contribution in [3.8, 4) is 6.07 Å². The van der Waals surface area contributed by atoms with Crippen molar-refractivity contribution >= 4 is 23.5 Å². The van der Waals surface area contributed by atoms with E-state index < -0.39 is 5.54 Å². The number of nitriles is 1. The van der Waals surface area contributed by atoms with Crippen molar-refractivity contribution in [3.05, 3.63) is 5.28 Å². The summed E-state index contributed by atoms with van der Waals surface area (Å²) in [6.07, 6.45) is 5.61. The highest BCUT2D eigenvalue weighted by Crippen LogP contribution is 2.40. The summed E-state index contributed by atoms with van der Waals surface area (Å²) in [6.45, 7) is 1.88. The van der Waals surface area contributed by atoms with Crippen LogP contribution in [0.25, 0.3) is 0 Å². The van der Waals surface area contributed by atoms with Crippen molar-refractivity contribution < 1.29 is 0 Å². The first-order valence-corrected chi connectivity index (χ1v) is 7.34. The summed E-state index contributed by atoms with van der Waals surface area (Å²) in [4.78, 5) is 12.5. The molecule has 2 saturated carbocycles. The minimum atomic E-state index is -0.640. The van der Waals surface area contributed by atoms with E-state index in [0.717, 1.165) is 25.7 Å². The fourth-order valence-corrected chi connectivity index (χ4v) is 2.48. The van der Waals surface area contributed by atoms with Crippen LogP contribution in [0.4, 0.5) is 11.9 Å². The molecule has 1 aromatic rings. The molecule has 2 aliphatic carbocycles. The Labute approximate surface area is 123 Å².